The summed E-state index contributed by atoms with van der Waals surface area (Å²) in [6.45, 7) is 1.42. The summed E-state index contributed by atoms with van der Waals surface area (Å²) in [4.78, 5) is 10.6. The molecule has 1 atom stereocenters. The molecule has 1 aromatic rings. The average molecular weight is 352 g/mol. The molecule has 3 rings (SSSR count). The molecular weight excluding hydrogens is 336 g/mol. The van der Waals surface area contributed by atoms with Crippen LogP contribution in [0.5, 0.6) is 11.5 Å². The fourth-order valence-corrected chi connectivity index (χ4v) is 2.56. The summed E-state index contributed by atoms with van der Waals surface area (Å²) < 4.78 is 15.8. The van der Waals surface area contributed by atoms with E-state index in [1.807, 2.05) is 0 Å². The second-order valence-electron chi connectivity index (χ2n) is 5.24. The van der Waals surface area contributed by atoms with Gasteiger partial charge < -0.3 is 19.5 Å². The van der Waals surface area contributed by atoms with E-state index in [2.05, 4.69) is 15.8 Å². The number of thiocarbonyl (C=S) groups is 1. The topological polar surface area (TPSA) is 107 Å². The Balaban J connectivity index is 1.59. The number of nitro benzene ring substituents is 1. The van der Waals surface area contributed by atoms with E-state index >= 15 is 0 Å². The maximum absolute atomic E-state index is 11.1. The smallest absolute Gasteiger partial charge is 0.282 e. The van der Waals surface area contributed by atoms with Gasteiger partial charge >= 0.3 is 0 Å². The van der Waals surface area contributed by atoms with Gasteiger partial charge in [0.25, 0.3) is 5.69 Å². The number of hydrazone groups is 1. The van der Waals surface area contributed by atoms with Gasteiger partial charge in [-0.1, -0.05) is 0 Å². The largest absolute Gasteiger partial charge is 0.454 e. The van der Waals surface area contributed by atoms with E-state index in [0.717, 1.165) is 19.4 Å². The number of fused-ring (bicyclic) bond motifs is 1. The molecule has 2 aliphatic heterocycles. The SMILES string of the molecule is O=[N+]([O-])c1cc2c(cc1/C=N/NC(=S)NCC1CCCO1)OCO2. The monoisotopic (exact) mass is 352 g/mol. The first kappa shape index (κ1) is 16.4. The molecule has 0 radical (unpaired) electrons. The minimum Gasteiger partial charge on any atom is -0.454 e. The second-order valence-corrected chi connectivity index (χ2v) is 5.64. The first-order valence-corrected chi connectivity index (χ1v) is 7.81. The third-order valence-electron chi connectivity index (χ3n) is 3.60. The van der Waals surface area contributed by atoms with Crippen molar-refractivity contribution in [1.82, 2.24) is 10.7 Å². The fraction of sp³-hybridized carbons (Fsp3) is 0.429. The van der Waals surface area contributed by atoms with Gasteiger partial charge in [-0.3, -0.25) is 15.5 Å². The Kier molecular flexibility index (Phi) is 5.06. The zero-order valence-corrected chi connectivity index (χ0v) is 13.5. The lowest BCUT2D eigenvalue weighted by Crippen LogP contribution is -2.37. The molecular formula is C14H16N4O5S. The van der Waals surface area contributed by atoms with Gasteiger partial charge in [0.15, 0.2) is 16.6 Å². The molecule has 0 spiro atoms. The van der Waals surface area contributed by atoms with Crippen molar-refractivity contribution in [2.45, 2.75) is 18.9 Å². The van der Waals surface area contributed by atoms with Crippen LogP contribution < -0.4 is 20.2 Å². The van der Waals surface area contributed by atoms with Crippen molar-refractivity contribution < 1.29 is 19.1 Å². The van der Waals surface area contributed by atoms with Crippen molar-refractivity contribution in [3.63, 3.8) is 0 Å². The van der Waals surface area contributed by atoms with Gasteiger partial charge in [0.05, 0.1) is 28.9 Å². The van der Waals surface area contributed by atoms with Crippen LogP contribution in [0, 0.1) is 10.1 Å². The highest BCUT2D eigenvalue weighted by atomic mass is 32.1. The van der Waals surface area contributed by atoms with Gasteiger partial charge in [0, 0.05) is 13.2 Å². The lowest BCUT2D eigenvalue weighted by Gasteiger charge is -2.11. The van der Waals surface area contributed by atoms with Gasteiger partial charge in [-0.15, -0.1) is 0 Å². The van der Waals surface area contributed by atoms with Crippen molar-refractivity contribution in [1.29, 1.82) is 0 Å². The molecule has 2 aliphatic rings. The van der Waals surface area contributed by atoms with E-state index in [1.165, 1.54) is 18.3 Å². The molecule has 0 aliphatic carbocycles. The van der Waals surface area contributed by atoms with E-state index in [0.29, 0.717) is 28.7 Å². The molecule has 0 saturated carbocycles. The van der Waals surface area contributed by atoms with Gasteiger partial charge in [0.2, 0.25) is 6.79 Å². The summed E-state index contributed by atoms with van der Waals surface area (Å²) in [5, 5.41) is 18.4. The Hall–Kier alpha value is -2.46. The summed E-state index contributed by atoms with van der Waals surface area (Å²) in [7, 11) is 0. The molecule has 0 bridgehead atoms. The molecule has 1 unspecified atom stereocenters. The molecule has 9 nitrogen and oxygen atoms in total. The Morgan fingerprint density at radius 3 is 2.96 bits per heavy atom. The van der Waals surface area contributed by atoms with Crippen LogP contribution in [-0.4, -0.2) is 42.3 Å². The van der Waals surface area contributed by atoms with E-state index in [9.17, 15) is 10.1 Å². The van der Waals surface area contributed by atoms with Crippen molar-refractivity contribution in [3.05, 3.63) is 27.8 Å². The van der Waals surface area contributed by atoms with Crippen LogP contribution in [0.3, 0.4) is 0 Å². The predicted octanol–water partition coefficient (Wildman–Crippen LogP) is 1.30. The van der Waals surface area contributed by atoms with Crippen LogP contribution in [0.2, 0.25) is 0 Å². The number of ether oxygens (including phenoxy) is 3. The highest BCUT2D eigenvalue weighted by Gasteiger charge is 2.22. The number of nitrogens with one attached hydrogen (secondary N) is 2. The number of benzene rings is 1. The number of hydrogen-bond donors (Lipinski definition) is 2. The number of rotatable bonds is 5. The van der Waals surface area contributed by atoms with Crippen LogP contribution in [-0.2, 0) is 4.74 Å². The zero-order valence-electron chi connectivity index (χ0n) is 12.7. The fourth-order valence-electron chi connectivity index (χ4n) is 2.42. The molecule has 2 N–H and O–H groups in total. The van der Waals surface area contributed by atoms with Crippen LogP contribution in [0.1, 0.15) is 18.4 Å². The van der Waals surface area contributed by atoms with Crippen LogP contribution in [0.4, 0.5) is 5.69 Å². The molecule has 1 fully saturated rings. The summed E-state index contributed by atoms with van der Waals surface area (Å²) in [5.41, 5.74) is 2.80. The zero-order chi connectivity index (χ0) is 16.9. The number of nitro groups is 1. The average Bonchev–Trinajstić information content (AvgIpc) is 3.23. The first-order valence-electron chi connectivity index (χ1n) is 7.40. The highest BCUT2D eigenvalue weighted by molar-refractivity contribution is 7.80. The quantitative estimate of drug-likeness (QED) is 0.353. The van der Waals surface area contributed by atoms with Crippen LogP contribution in [0.15, 0.2) is 17.2 Å². The first-order chi connectivity index (χ1) is 11.6. The summed E-state index contributed by atoms with van der Waals surface area (Å²) >= 11 is 5.10. The summed E-state index contributed by atoms with van der Waals surface area (Å²) in [6, 6.07) is 2.83. The molecule has 24 heavy (non-hydrogen) atoms. The van der Waals surface area contributed by atoms with Crippen LogP contribution in [0.25, 0.3) is 0 Å². The maximum Gasteiger partial charge on any atom is 0.282 e. The second kappa shape index (κ2) is 7.41. The number of nitrogens with zero attached hydrogens (tertiary/aromatic N) is 2. The van der Waals surface area contributed by atoms with E-state index in [1.54, 1.807) is 0 Å². The molecule has 0 amide bonds. The van der Waals surface area contributed by atoms with Crippen molar-refractivity contribution in [2.24, 2.45) is 5.10 Å². The van der Waals surface area contributed by atoms with Gasteiger partial charge in [0.1, 0.15) is 0 Å². The minimum atomic E-state index is -0.503. The molecule has 2 heterocycles. The van der Waals surface area contributed by atoms with Crippen molar-refractivity contribution in [2.75, 3.05) is 19.9 Å². The van der Waals surface area contributed by atoms with Crippen molar-refractivity contribution >= 4 is 29.2 Å². The molecule has 1 saturated heterocycles. The van der Waals surface area contributed by atoms with Crippen molar-refractivity contribution in [3.8, 4) is 11.5 Å². The molecule has 10 heteroatoms. The lowest BCUT2D eigenvalue weighted by atomic mass is 10.1. The highest BCUT2D eigenvalue weighted by Crippen LogP contribution is 2.37. The third kappa shape index (κ3) is 3.89. The van der Waals surface area contributed by atoms with E-state index in [4.69, 9.17) is 26.4 Å². The normalized spacial score (nSPS) is 18.8. The van der Waals surface area contributed by atoms with Crippen LogP contribution >= 0.6 is 12.2 Å². The number of hydrogen-bond acceptors (Lipinski definition) is 7. The summed E-state index contributed by atoms with van der Waals surface area (Å²) in [6.07, 6.45) is 3.53. The van der Waals surface area contributed by atoms with E-state index < -0.39 is 4.92 Å². The Labute approximate surface area is 143 Å². The third-order valence-corrected chi connectivity index (χ3v) is 3.84. The Morgan fingerprint density at radius 1 is 1.46 bits per heavy atom. The molecule has 128 valence electrons. The molecule has 1 aromatic carbocycles. The predicted molar refractivity (Wildman–Crippen MR) is 89.5 cm³/mol. The van der Waals surface area contributed by atoms with Gasteiger partial charge in [-0.05, 0) is 31.1 Å². The minimum absolute atomic E-state index is 0.0442. The standard InChI is InChI=1S/C14H16N4O5S/c19-18(20)11-5-13-12(22-8-23-13)4-9(11)6-16-17-14(24)15-7-10-2-1-3-21-10/h4-6,10H,1-3,7-8H2,(H2,15,17,24)/b16-6+. The molecule has 0 aromatic heterocycles. The Bertz CT molecular complexity index is 675. The Morgan fingerprint density at radius 2 is 2.25 bits per heavy atom. The lowest BCUT2D eigenvalue weighted by molar-refractivity contribution is -0.385. The van der Waals surface area contributed by atoms with Gasteiger partial charge in [-0.25, -0.2) is 0 Å². The summed E-state index contributed by atoms with van der Waals surface area (Å²) in [5.74, 6) is 0.793. The van der Waals surface area contributed by atoms with Gasteiger partial charge in [-0.2, -0.15) is 5.10 Å². The van der Waals surface area contributed by atoms with E-state index in [-0.39, 0.29) is 18.6 Å². The maximum atomic E-state index is 11.1.